The van der Waals surface area contributed by atoms with Gasteiger partial charge >= 0.3 is 0 Å². The number of rotatable bonds is 5. The minimum Gasteiger partial charge on any atom is -0.326 e. The molecule has 3 N–H and O–H groups in total. The maximum absolute atomic E-state index is 12.0. The zero-order valence-corrected chi connectivity index (χ0v) is 13.2. The van der Waals surface area contributed by atoms with Crippen LogP contribution in [0.3, 0.4) is 0 Å². The van der Waals surface area contributed by atoms with E-state index in [4.69, 9.17) is 0 Å². The molecular formula is C16H22ClN3O2. The molecule has 1 aromatic rings. The largest absolute Gasteiger partial charge is 0.326 e. The predicted octanol–water partition coefficient (Wildman–Crippen LogP) is 2.54. The average molecular weight is 324 g/mol. The van der Waals surface area contributed by atoms with Crippen LogP contribution in [-0.4, -0.2) is 24.4 Å². The van der Waals surface area contributed by atoms with Crippen molar-refractivity contribution < 1.29 is 9.59 Å². The molecule has 0 bridgehead atoms. The first-order valence-electron chi connectivity index (χ1n) is 7.65. The highest BCUT2D eigenvalue weighted by Gasteiger charge is 2.29. The van der Waals surface area contributed by atoms with E-state index in [-0.39, 0.29) is 30.1 Å². The lowest BCUT2D eigenvalue weighted by molar-refractivity contribution is -0.117. The monoisotopic (exact) mass is 323 g/mol. The van der Waals surface area contributed by atoms with E-state index in [1.807, 2.05) is 18.2 Å². The summed E-state index contributed by atoms with van der Waals surface area (Å²) < 4.78 is 0. The van der Waals surface area contributed by atoms with Crippen molar-refractivity contribution >= 4 is 35.6 Å². The molecule has 1 heterocycles. The Kier molecular flexibility index (Phi) is 5.80. The summed E-state index contributed by atoms with van der Waals surface area (Å²) in [6, 6.07) is 7.62. The molecule has 0 aromatic heterocycles. The van der Waals surface area contributed by atoms with Crippen molar-refractivity contribution in [3.05, 3.63) is 24.3 Å². The van der Waals surface area contributed by atoms with E-state index in [1.165, 1.54) is 0 Å². The number of carbonyl (C=O) groups is 2. The van der Waals surface area contributed by atoms with Crippen molar-refractivity contribution in [1.29, 1.82) is 0 Å². The fourth-order valence-electron chi connectivity index (χ4n) is 2.63. The Morgan fingerprint density at radius 2 is 1.86 bits per heavy atom. The second-order valence-electron chi connectivity index (χ2n) is 5.89. The molecule has 1 aliphatic carbocycles. The molecule has 1 atom stereocenters. The lowest BCUT2D eigenvalue weighted by Crippen LogP contribution is -2.27. The van der Waals surface area contributed by atoms with Gasteiger partial charge in [0.15, 0.2) is 0 Å². The van der Waals surface area contributed by atoms with E-state index < -0.39 is 0 Å². The molecule has 2 aliphatic rings. The highest BCUT2D eigenvalue weighted by Crippen LogP contribution is 2.30. The number of nitrogens with one attached hydrogen (secondary N) is 3. The first kappa shape index (κ1) is 16.8. The maximum atomic E-state index is 12.0. The Morgan fingerprint density at radius 3 is 2.50 bits per heavy atom. The second-order valence-corrected chi connectivity index (χ2v) is 5.89. The molecule has 22 heavy (non-hydrogen) atoms. The second kappa shape index (κ2) is 7.61. The van der Waals surface area contributed by atoms with Gasteiger partial charge in [-0.15, -0.1) is 12.4 Å². The van der Waals surface area contributed by atoms with Crippen molar-refractivity contribution in [3.63, 3.8) is 0 Å². The van der Waals surface area contributed by atoms with Crippen LogP contribution >= 0.6 is 12.4 Å². The summed E-state index contributed by atoms with van der Waals surface area (Å²) in [5.74, 6) is 0.269. The van der Waals surface area contributed by atoms with Gasteiger partial charge in [-0.2, -0.15) is 0 Å². The van der Waals surface area contributed by atoms with Gasteiger partial charge in [-0.05, 0) is 50.4 Å². The van der Waals surface area contributed by atoms with E-state index in [0.29, 0.717) is 12.5 Å². The zero-order chi connectivity index (χ0) is 14.7. The van der Waals surface area contributed by atoms with E-state index in [2.05, 4.69) is 16.0 Å². The number of benzene rings is 1. The third-order valence-electron chi connectivity index (χ3n) is 3.96. The van der Waals surface area contributed by atoms with Crippen LogP contribution in [0.25, 0.3) is 0 Å². The number of hydrogen-bond donors (Lipinski definition) is 3. The van der Waals surface area contributed by atoms with Gasteiger partial charge in [0.2, 0.25) is 11.8 Å². The number of amides is 2. The van der Waals surface area contributed by atoms with Gasteiger partial charge in [0.1, 0.15) is 0 Å². The van der Waals surface area contributed by atoms with Crippen LogP contribution in [0, 0.1) is 5.92 Å². The molecule has 2 amide bonds. The fourth-order valence-corrected chi connectivity index (χ4v) is 2.63. The van der Waals surface area contributed by atoms with Gasteiger partial charge in [0.25, 0.3) is 0 Å². The molecule has 1 aliphatic heterocycles. The molecule has 3 rings (SSSR count). The van der Waals surface area contributed by atoms with Gasteiger partial charge in [-0.25, -0.2) is 0 Å². The Bertz CT molecular complexity index is 540. The highest BCUT2D eigenvalue weighted by molar-refractivity contribution is 5.96. The van der Waals surface area contributed by atoms with Gasteiger partial charge in [0, 0.05) is 29.8 Å². The molecule has 1 saturated heterocycles. The smallest absolute Gasteiger partial charge is 0.227 e. The highest BCUT2D eigenvalue weighted by atomic mass is 35.5. The van der Waals surface area contributed by atoms with Crippen LogP contribution < -0.4 is 16.0 Å². The number of hydrogen-bond acceptors (Lipinski definition) is 3. The molecule has 120 valence electrons. The van der Waals surface area contributed by atoms with E-state index >= 15 is 0 Å². The minimum atomic E-state index is 0. The van der Waals surface area contributed by atoms with E-state index in [9.17, 15) is 9.59 Å². The van der Waals surface area contributed by atoms with Gasteiger partial charge in [0.05, 0.1) is 0 Å². The lowest BCUT2D eigenvalue weighted by Gasteiger charge is -2.11. The summed E-state index contributed by atoms with van der Waals surface area (Å²) in [7, 11) is 0. The Hall–Kier alpha value is -1.59. The van der Waals surface area contributed by atoms with Gasteiger partial charge < -0.3 is 16.0 Å². The van der Waals surface area contributed by atoms with Crippen molar-refractivity contribution in [2.75, 3.05) is 17.2 Å². The summed E-state index contributed by atoms with van der Waals surface area (Å²) in [4.78, 5) is 23.7. The van der Waals surface area contributed by atoms with Crippen LogP contribution in [0.1, 0.15) is 32.1 Å². The maximum Gasteiger partial charge on any atom is 0.227 e. The van der Waals surface area contributed by atoms with Crippen molar-refractivity contribution in [2.24, 2.45) is 5.92 Å². The third kappa shape index (κ3) is 4.71. The number of halogens is 1. The molecule has 1 unspecified atom stereocenters. The van der Waals surface area contributed by atoms with Crippen molar-refractivity contribution in [2.45, 2.75) is 38.1 Å². The van der Waals surface area contributed by atoms with E-state index in [0.717, 1.165) is 43.6 Å². The Balaban J connectivity index is 0.00000176. The van der Waals surface area contributed by atoms with Gasteiger partial charge in [-0.3, -0.25) is 9.59 Å². The fraction of sp³-hybridized carbons (Fsp3) is 0.500. The molecule has 5 nitrogen and oxygen atoms in total. The van der Waals surface area contributed by atoms with Crippen LogP contribution in [0.15, 0.2) is 24.3 Å². The third-order valence-corrected chi connectivity index (χ3v) is 3.96. The first-order chi connectivity index (χ1) is 10.2. The summed E-state index contributed by atoms with van der Waals surface area (Å²) in [5, 5.41) is 9.10. The lowest BCUT2D eigenvalue weighted by atomic mass is 10.1. The van der Waals surface area contributed by atoms with Crippen molar-refractivity contribution in [1.82, 2.24) is 5.32 Å². The van der Waals surface area contributed by atoms with Crippen LogP contribution in [0.5, 0.6) is 0 Å². The Morgan fingerprint density at radius 1 is 1.14 bits per heavy atom. The molecule has 0 radical (unpaired) electrons. The zero-order valence-electron chi connectivity index (χ0n) is 12.4. The minimum absolute atomic E-state index is 0. The first-order valence-corrected chi connectivity index (χ1v) is 7.65. The molecule has 1 aromatic carbocycles. The van der Waals surface area contributed by atoms with Crippen molar-refractivity contribution in [3.8, 4) is 0 Å². The quantitative estimate of drug-likeness (QED) is 0.780. The summed E-state index contributed by atoms with van der Waals surface area (Å²) >= 11 is 0. The molecular weight excluding hydrogens is 302 g/mol. The molecule has 0 spiro atoms. The topological polar surface area (TPSA) is 70.2 Å². The predicted molar refractivity (Wildman–Crippen MR) is 89.3 cm³/mol. The average Bonchev–Trinajstić information content (AvgIpc) is 3.19. The standard InChI is InChI=1S/C16H21N3O2.ClH/c20-15(10-12-5-2-8-17-12)18-13-3-1-4-14(9-13)19-16(21)11-6-7-11;/h1,3-4,9,11-12,17H,2,5-8,10H2,(H,18,20)(H,19,21);1H. The normalized spacial score (nSPS) is 20.1. The van der Waals surface area contributed by atoms with Gasteiger partial charge in [-0.1, -0.05) is 6.07 Å². The summed E-state index contributed by atoms with van der Waals surface area (Å²) in [6.07, 6.45) is 4.66. The number of anilines is 2. The molecule has 6 heteroatoms. The van der Waals surface area contributed by atoms with Crippen LogP contribution in [0.4, 0.5) is 11.4 Å². The van der Waals surface area contributed by atoms with E-state index in [1.54, 1.807) is 6.07 Å². The summed E-state index contributed by atoms with van der Waals surface area (Å²) in [5.41, 5.74) is 1.47. The summed E-state index contributed by atoms with van der Waals surface area (Å²) in [6.45, 7) is 1.00. The molecule has 2 fully saturated rings. The molecule has 1 saturated carbocycles. The SMILES string of the molecule is Cl.O=C(CC1CCCN1)Nc1cccc(NC(=O)C2CC2)c1. The Labute approximate surface area is 136 Å². The van der Waals surface area contributed by atoms with Crippen LogP contribution in [0.2, 0.25) is 0 Å². The van der Waals surface area contributed by atoms with Crippen LogP contribution in [-0.2, 0) is 9.59 Å². The number of carbonyl (C=O) groups excluding carboxylic acids is 2.